The number of piperazine rings is 1. The number of likely N-dealkylation sites (N-methyl/N-ethyl adjacent to an activating group) is 1. The predicted octanol–water partition coefficient (Wildman–Crippen LogP) is 2.02. The molecule has 0 unspecified atom stereocenters. The van der Waals surface area contributed by atoms with Crippen molar-refractivity contribution < 1.29 is 0 Å². The van der Waals surface area contributed by atoms with Gasteiger partial charge in [-0.25, -0.2) is 9.97 Å². The zero-order valence-electron chi connectivity index (χ0n) is 12.6. The summed E-state index contributed by atoms with van der Waals surface area (Å²) in [5.74, 6) is 3.34. The molecule has 1 aromatic heterocycles. The maximum absolute atomic E-state index is 5.35. The molecule has 2 saturated heterocycles. The van der Waals surface area contributed by atoms with Gasteiger partial charge in [-0.05, 0) is 36.7 Å². The minimum absolute atomic E-state index is 0.558. The zero-order chi connectivity index (χ0) is 15.1. The van der Waals surface area contributed by atoms with Crippen LogP contribution in [0.5, 0.6) is 0 Å². The van der Waals surface area contributed by atoms with Gasteiger partial charge in [0.05, 0.1) is 0 Å². The Morgan fingerprint density at radius 2 is 2.00 bits per heavy atom. The summed E-state index contributed by atoms with van der Waals surface area (Å²) in [5.41, 5.74) is 3.52. The largest absolute Gasteiger partial charge is 0.335 e. The summed E-state index contributed by atoms with van der Waals surface area (Å²) < 4.78 is 0. The highest BCUT2D eigenvalue weighted by Gasteiger charge is 2.42. The molecule has 2 bridgehead atoms. The van der Waals surface area contributed by atoms with Crippen molar-refractivity contribution in [1.82, 2.24) is 14.9 Å². The summed E-state index contributed by atoms with van der Waals surface area (Å²) in [5, 5.41) is 0. The fourth-order valence-corrected chi connectivity index (χ4v) is 3.35. The van der Waals surface area contributed by atoms with Crippen molar-refractivity contribution in [1.29, 1.82) is 0 Å². The lowest BCUT2D eigenvalue weighted by molar-refractivity contribution is 0.291. The first-order chi connectivity index (χ1) is 10.7. The Labute approximate surface area is 130 Å². The molecule has 0 saturated carbocycles. The maximum atomic E-state index is 5.35. The first-order valence-electron chi connectivity index (χ1n) is 7.61. The molecule has 4 aliphatic rings. The number of nitrogens with zero attached hydrogens (tertiary/aromatic N) is 4. The third-order valence-electron chi connectivity index (χ3n) is 4.67. The van der Waals surface area contributed by atoms with Crippen molar-refractivity contribution in [2.45, 2.75) is 18.5 Å². The summed E-state index contributed by atoms with van der Waals surface area (Å²) in [4.78, 5) is 13.4. The van der Waals surface area contributed by atoms with Gasteiger partial charge in [-0.3, -0.25) is 4.90 Å². The Balaban J connectivity index is 0.000000172. The molecule has 2 atom stereocenters. The zero-order valence-corrected chi connectivity index (χ0v) is 12.6. The Bertz CT molecular complexity index is 729. The molecule has 5 rings (SSSR count). The first kappa shape index (κ1) is 13.3. The van der Waals surface area contributed by atoms with Crippen molar-refractivity contribution in [2.75, 3.05) is 25.0 Å². The maximum Gasteiger partial charge on any atom is 0.226 e. The van der Waals surface area contributed by atoms with Crippen LogP contribution in [0.3, 0.4) is 0 Å². The fourth-order valence-electron chi connectivity index (χ4n) is 3.35. The molecule has 2 aliphatic carbocycles. The van der Waals surface area contributed by atoms with E-state index >= 15 is 0 Å². The average Bonchev–Trinajstić information content (AvgIpc) is 2.93. The van der Waals surface area contributed by atoms with Gasteiger partial charge in [0.2, 0.25) is 5.95 Å². The number of likely N-dealkylation sites (tertiary alicyclic amines) is 1. The molecule has 2 aliphatic heterocycles. The number of anilines is 1. The highest BCUT2D eigenvalue weighted by atomic mass is 15.4. The highest BCUT2D eigenvalue weighted by Crippen LogP contribution is 2.33. The monoisotopic (exact) mass is 290 g/mol. The molecule has 22 heavy (non-hydrogen) atoms. The number of hydrogen-bond acceptors (Lipinski definition) is 4. The lowest BCUT2D eigenvalue weighted by Crippen LogP contribution is -2.45. The number of rotatable bonds is 1. The van der Waals surface area contributed by atoms with E-state index in [0.29, 0.717) is 17.8 Å². The van der Waals surface area contributed by atoms with E-state index in [1.54, 1.807) is 12.3 Å². The minimum atomic E-state index is 0.558. The molecule has 0 N–H and O–H groups in total. The van der Waals surface area contributed by atoms with Gasteiger partial charge in [0.25, 0.3) is 0 Å². The summed E-state index contributed by atoms with van der Waals surface area (Å²) in [6.45, 7) is 2.13. The fraction of sp³-hybridized carbons (Fsp3) is 0.333. The second-order valence-electron chi connectivity index (χ2n) is 6.10. The Hall–Kier alpha value is -2.38. The van der Waals surface area contributed by atoms with Crippen LogP contribution < -0.4 is 4.90 Å². The van der Waals surface area contributed by atoms with Crippen LogP contribution >= 0.6 is 0 Å². The predicted molar refractivity (Wildman–Crippen MR) is 87.6 cm³/mol. The Morgan fingerprint density at radius 1 is 1.18 bits per heavy atom. The van der Waals surface area contributed by atoms with Gasteiger partial charge in [0.1, 0.15) is 5.69 Å². The van der Waals surface area contributed by atoms with Crippen molar-refractivity contribution >= 4 is 5.95 Å². The normalized spacial score (nSPS) is 23.7. The van der Waals surface area contributed by atoms with Crippen LogP contribution in [-0.2, 0) is 0 Å². The van der Waals surface area contributed by atoms with Gasteiger partial charge in [-0.1, -0.05) is 24.1 Å². The summed E-state index contributed by atoms with van der Waals surface area (Å²) >= 11 is 0. The molecule has 0 amide bonds. The Kier molecular flexibility index (Phi) is 3.09. The molecule has 4 heteroatoms. The smallest absolute Gasteiger partial charge is 0.226 e. The van der Waals surface area contributed by atoms with E-state index in [-0.39, 0.29) is 0 Å². The molecule has 0 radical (unpaired) electrons. The number of fused-ring (bicyclic) bond motifs is 3. The van der Waals surface area contributed by atoms with Crippen LogP contribution in [0.25, 0.3) is 11.1 Å². The topological polar surface area (TPSA) is 32.3 Å². The van der Waals surface area contributed by atoms with E-state index in [1.165, 1.54) is 17.5 Å². The van der Waals surface area contributed by atoms with Crippen LogP contribution in [-0.4, -0.2) is 47.1 Å². The van der Waals surface area contributed by atoms with Gasteiger partial charge in [0.15, 0.2) is 0 Å². The summed E-state index contributed by atoms with van der Waals surface area (Å²) in [7, 11) is 2.18. The molecule has 0 spiro atoms. The van der Waals surface area contributed by atoms with Crippen LogP contribution in [0.4, 0.5) is 5.95 Å². The van der Waals surface area contributed by atoms with E-state index < -0.39 is 0 Å². The standard InChI is InChI=1S/C12H14N4.C6H4/c1-3-9-4-5-13-12(14-9)16-8-10-6-11(16)7-15(10)2;1-2-5-4-6(5)3-1/h1,4-5,10-11H,6-8H2,2H3;1-4H/t10-,11-;/m0./s1. The highest BCUT2D eigenvalue weighted by molar-refractivity contribution is 5.80. The van der Waals surface area contributed by atoms with Crippen molar-refractivity contribution in [3.63, 3.8) is 0 Å². The van der Waals surface area contributed by atoms with Gasteiger partial charge < -0.3 is 4.90 Å². The molecular formula is C18H18N4. The van der Waals surface area contributed by atoms with Crippen molar-refractivity contribution in [2.24, 2.45) is 0 Å². The third kappa shape index (κ3) is 2.34. The van der Waals surface area contributed by atoms with Crippen molar-refractivity contribution in [3.05, 3.63) is 42.2 Å². The average molecular weight is 290 g/mol. The van der Waals surface area contributed by atoms with E-state index in [9.17, 15) is 0 Å². The second-order valence-corrected chi connectivity index (χ2v) is 6.10. The lowest BCUT2D eigenvalue weighted by atomic mass is 10.2. The second kappa shape index (κ2) is 5.11. The summed E-state index contributed by atoms with van der Waals surface area (Å²) in [6.07, 6.45) is 8.31. The van der Waals surface area contributed by atoms with Crippen LogP contribution in [0.15, 0.2) is 36.5 Å². The minimum Gasteiger partial charge on any atom is -0.335 e. The van der Waals surface area contributed by atoms with Gasteiger partial charge in [0, 0.05) is 31.4 Å². The number of terminal acetylenes is 1. The quantitative estimate of drug-likeness (QED) is 0.642. The van der Waals surface area contributed by atoms with E-state index in [1.807, 2.05) is 0 Å². The first-order valence-corrected chi connectivity index (χ1v) is 7.61. The van der Waals surface area contributed by atoms with E-state index in [0.717, 1.165) is 19.0 Å². The van der Waals surface area contributed by atoms with Gasteiger partial charge in [-0.2, -0.15) is 0 Å². The van der Waals surface area contributed by atoms with Gasteiger partial charge >= 0.3 is 0 Å². The van der Waals surface area contributed by atoms with Crippen LogP contribution in [0, 0.1) is 12.3 Å². The number of hydrogen-bond donors (Lipinski definition) is 0. The van der Waals surface area contributed by atoms with E-state index in [2.05, 4.69) is 57.0 Å². The molecule has 1 aromatic rings. The molecule has 0 aromatic carbocycles. The van der Waals surface area contributed by atoms with Crippen molar-refractivity contribution in [3.8, 4) is 23.5 Å². The number of aromatic nitrogens is 2. The lowest BCUT2D eigenvalue weighted by Gasteiger charge is -2.31. The molecule has 4 nitrogen and oxygen atoms in total. The molecule has 3 heterocycles. The summed E-state index contributed by atoms with van der Waals surface area (Å²) in [6, 6.07) is 11.5. The Morgan fingerprint density at radius 3 is 2.50 bits per heavy atom. The molecule has 2 fully saturated rings. The van der Waals surface area contributed by atoms with Crippen LogP contribution in [0.2, 0.25) is 0 Å². The number of benzene rings is 1. The molecule has 110 valence electrons. The van der Waals surface area contributed by atoms with Crippen LogP contribution in [0.1, 0.15) is 12.1 Å². The molecular weight excluding hydrogens is 272 g/mol. The van der Waals surface area contributed by atoms with E-state index in [4.69, 9.17) is 6.42 Å². The SMILES string of the molecule is C#Cc1ccnc(N2C[C@@H]3C[C@H]2CN3C)n1.c1cc2cc-2c1. The van der Waals surface area contributed by atoms with Gasteiger partial charge in [-0.15, -0.1) is 6.42 Å². The third-order valence-corrected chi connectivity index (χ3v) is 4.67.